The zero-order chi connectivity index (χ0) is 14.8. The van der Waals surface area contributed by atoms with Gasteiger partial charge in [-0.2, -0.15) is 13.2 Å². The Bertz CT molecular complexity index is 469. The van der Waals surface area contributed by atoms with Crippen LogP contribution < -0.4 is 15.8 Å². The van der Waals surface area contributed by atoms with Gasteiger partial charge >= 0.3 is 6.18 Å². The van der Waals surface area contributed by atoms with E-state index in [1.165, 1.54) is 6.92 Å². The maximum Gasteiger partial charge on any atom is 0.405 e. The van der Waals surface area contributed by atoms with Crippen LogP contribution in [0.25, 0.3) is 0 Å². The number of ether oxygens (including phenoxy) is 1. The van der Waals surface area contributed by atoms with Crippen LogP contribution in [0.1, 0.15) is 30.4 Å². The predicted octanol–water partition coefficient (Wildman–Crippen LogP) is 3.29. The summed E-state index contributed by atoms with van der Waals surface area (Å²) >= 11 is 0.866. The molecule has 0 saturated carbocycles. The molecule has 0 amide bonds. The van der Waals surface area contributed by atoms with E-state index in [0.717, 1.165) is 11.3 Å². The first-order chi connectivity index (χ1) is 8.61. The van der Waals surface area contributed by atoms with Crippen LogP contribution in [0.3, 0.4) is 0 Å². The van der Waals surface area contributed by atoms with Crippen LogP contribution in [0.4, 0.5) is 23.9 Å². The number of thiophene rings is 1. The highest BCUT2D eigenvalue weighted by Crippen LogP contribution is 2.43. The molecule has 0 saturated heterocycles. The molecule has 108 valence electrons. The van der Waals surface area contributed by atoms with Crippen molar-refractivity contribution in [1.29, 1.82) is 0 Å². The summed E-state index contributed by atoms with van der Waals surface area (Å²) in [6.07, 6.45) is -4.62. The molecule has 0 fully saturated rings. The minimum Gasteiger partial charge on any atom is -0.486 e. The predicted molar refractivity (Wildman–Crippen MR) is 69.0 cm³/mol. The van der Waals surface area contributed by atoms with E-state index in [1.54, 1.807) is 13.8 Å². The lowest BCUT2D eigenvalue weighted by molar-refractivity contribution is -0.115. The smallest absolute Gasteiger partial charge is 0.405 e. The van der Waals surface area contributed by atoms with Crippen molar-refractivity contribution in [2.24, 2.45) is 0 Å². The molecule has 4 nitrogen and oxygen atoms in total. The third kappa shape index (κ3) is 4.30. The molecule has 1 aromatic heterocycles. The largest absolute Gasteiger partial charge is 0.486 e. The molecular formula is C11H15F3N2O2S. The van der Waals surface area contributed by atoms with Crippen LogP contribution in [0.5, 0.6) is 5.75 Å². The molecule has 0 aliphatic carbocycles. The highest BCUT2D eigenvalue weighted by atomic mass is 32.1. The van der Waals surface area contributed by atoms with Crippen molar-refractivity contribution in [3.8, 4) is 5.75 Å². The number of nitrogens with two attached hydrogens (primary N) is 1. The standard InChI is InChI=1S/C11H15F3N2O2S/c1-5(2)18-8-7(15)9(6(3)17)19-10(8)16-4-11(12,13)14/h5,16H,4,15H2,1-3H3. The number of anilines is 2. The van der Waals surface area contributed by atoms with Crippen molar-refractivity contribution in [1.82, 2.24) is 0 Å². The molecule has 0 unspecified atom stereocenters. The van der Waals surface area contributed by atoms with E-state index in [1.807, 2.05) is 0 Å². The van der Waals surface area contributed by atoms with E-state index in [2.05, 4.69) is 5.32 Å². The summed E-state index contributed by atoms with van der Waals surface area (Å²) in [5, 5.41) is 2.33. The van der Waals surface area contributed by atoms with Gasteiger partial charge in [-0.3, -0.25) is 4.79 Å². The van der Waals surface area contributed by atoms with Crippen LogP contribution in [-0.4, -0.2) is 24.6 Å². The average Bonchev–Trinajstić information content (AvgIpc) is 2.52. The number of rotatable bonds is 5. The second kappa shape index (κ2) is 5.68. The first-order valence-corrected chi connectivity index (χ1v) is 6.34. The van der Waals surface area contributed by atoms with Crippen molar-refractivity contribution in [2.75, 3.05) is 17.6 Å². The molecule has 0 aliphatic heterocycles. The minimum absolute atomic E-state index is 0.0795. The summed E-state index contributed by atoms with van der Waals surface area (Å²) in [6, 6.07) is 0. The third-order valence-electron chi connectivity index (χ3n) is 2.02. The lowest BCUT2D eigenvalue weighted by Crippen LogP contribution is -2.21. The molecular weight excluding hydrogens is 281 g/mol. The fourth-order valence-corrected chi connectivity index (χ4v) is 2.29. The molecule has 0 atom stereocenters. The Hall–Kier alpha value is -1.44. The maximum absolute atomic E-state index is 12.2. The van der Waals surface area contributed by atoms with Crippen molar-refractivity contribution in [3.63, 3.8) is 0 Å². The molecule has 0 spiro atoms. The molecule has 1 heterocycles. The third-order valence-corrected chi connectivity index (χ3v) is 3.27. The number of carbonyl (C=O) groups is 1. The summed E-state index contributed by atoms with van der Waals surface area (Å²) in [5.41, 5.74) is 5.82. The van der Waals surface area contributed by atoms with Gasteiger partial charge in [0.25, 0.3) is 0 Å². The molecule has 19 heavy (non-hydrogen) atoms. The van der Waals surface area contributed by atoms with Gasteiger partial charge in [-0.15, -0.1) is 11.3 Å². The number of hydrogen-bond donors (Lipinski definition) is 2. The monoisotopic (exact) mass is 296 g/mol. The van der Waals surface area contributed by atoms with Gasteiger partial charge < -0.3 is 15.8 Å². The number of Topliss-reactive ketones (excluding diaryl/α,β-unsaturated/α-hetero) is 1. The highest BCUT2D eigenvalue weighted by molar-refractivity contribution is 7.19. The Kier molecular flexibility index (Phi) is 4.67. The first kappa shape index (κ1) is 15.6. The number of nitrogens with one attached hydrogen (secondary N) is 1. The maximum atomic E-state index is 12.2. The number of nitrogen functional groups attached to an aromatic ring is 1. The van der Waals surface area contributed by atoms with Crippen molar-refractivity contribution in [3.05, 3.63) is 4.88 Å². The number of hydrogen-bond acceptors (Lipinski definition) is 5. The van der Waals surface area contributed by atoms with Gasteiger partial charge in [0.15, 0.2) is 11.5 Å². The number of ketones is 1. The molecule has 0 bridgehead atoms. The highest BCUT2D eigenvalue weighted by Gasteiger charge is 2.29. The van der Waals surface area contributed by atoms with Crippen LogP contribution in [0, 0.1) is 0 Å². The molecule has 1 rings (SSSR count). The van der Waals surface area contributed by atoms with Crippen LogP contribution in [0.2, 0.25) is 0 Å². The van der Waals surface area contributed by atoms with Gasteiger partial charge in [0.2, 0.25) is 0 Å². The zero-order valence-corrected chi connectivity index (χ0v) is 11.5. The van der Waals surface area contributed by atoms with Gasteiger partial charge in [0, 0.05) is 6.92 Å². The molecule has 3 N–H and O–H groups in total. The SMILES string of the molecule is CC(=O)c1sc(NCC(F)(F)F)c(OC(C)C)c1N. The van der Waals surface area contributed by atoms with Crippen LogP contribution in [-0.2, 0) is 0 Å². The van der Waals surface area contributed by atoms with E-state index < -0.39 is 12.7 Å². The Morgan fingerprint density at radius 2 is 2.05 bits per heavy atom. The fourth-order valence-electron chi connectivity index (χ4n) is 1.34. The van der Waals surface area contributed by atoms with Gasteiger partial charge in [-0.25, -0.2) is 0 Å². The van der Waals surface area contributed by atoms with E-state index in [-0.39, 0.29) is 33.2 Å². The van der Waals surface area contributed by atoms with Crippen LogP contribution in [0.15, 0.2) is 0 Å². The Labute approximate surface area is 112 Å². The Morgan fingerprint density at radius 3 is 2.47 bits per heavy atom. The van der Waals surface area contributed by atoms with Crippen LogP contribution >= 0.6 is 11.3 Å². The van der Waals surface area contributed by atoms with E-state index >= 15 is 0 Å². The van der Waals surface area contributed by atoms with E-state index in [4.69, 9.17) is 10.5 Å². The number of carbonyl (C=O) groups excluding carboxylic acids is 1. The van der Waals surface area contributed by atoms with Crippen molar-refractivity contribution in [2.45, 2.75) is 33.1 Å². The lowest BCUT2D eigenvalue weighted by Gasteiger charge is -2.13. The number of halogens is 3. The topological polar surface area (TPSA) is 64.3 Å². The molecule has 1 aromatic rings. The summed E-state index contributed by atoms with van der Waals surface area (Å²) in [5.74, 6) is -0.203. The quantitative estimate of drug-likeness (QED) is 0.818. The minimum atomic E-state index is -4.36. The fraction of sp³-hybridized carbons (Fsp3) is 0.545. The van der Waals surface area contributed by atoms with Gasteiger partial charge in [0.1, 0.15) is 11.5 Å². The van der Waals surface area contributed by atoms with E-state index in [9.17, 15) is 18.0 Å². The average molecular weight is 296 g/mol. The zero-order valence-electron chi connectivity index (χ0n) is 10.7. The van der Waals surface area contributed by atoms with Gasteiger partial charge in [0.05, 0.1) is 16.7 Å². The van der Waals surface area contributed by atoms with Crippen molar-refractivity contribution < 1.29 is 22.7 Å². The summed E-state index contributed by atoms with van der Waals surface area (Å²) < 4.78 is 42.0. The van der Waals surface area contributed by atoms with Gasteiger partial charge in [-0.1, -0.05) is 0 Å². The molecule has 0 aliphatic rings. The second-order valence-corrected chi connectivity index (χ2v) is 5.22. The molecule has 0 radical (unpaired) electrons. The lowest BCUT2D eigenvalue weighted by atomic mass is 10.3. The van der Waals surface area contributed by atoms with Gasteiger partial charge in [-0.05, 0) is 13.8 Å². The first-order valence-electron chi connectivity index (χ1n) is 5.52. The summed E-state index contributed by atoms with van der Waals surface area (Å²) in [7, 11) is 0. The number of alkyl halides is 3. The Balaban J connectivity index is 3.06. The van der Waals surface area contributed by atoms with E-state index in [0.29, 0.717) is 0 Å². The molecule has 8 heteroatoms. The Morgan fingerprint density at radius 1 is 1.47 bits per heavy atom. The second-order valence-electron chi connectivity index (χ2n) is 4.19. The summed E-state index contributed by atoms with van der Waals surface area (Å²) in [4.78, 5) is 11.5. The van der Waals surface area contributed by atoms with Crippen molar-refractivity contribution >= 4 is 27.8 Å². The molecule has 0 aromatic carbocycles. The summed E-state index contributed by atoms with van der Waals surface area (Å²) in [6.45, 7) is 3.53. The normalized spacial score (nSPS) is 11.7.